The van der Waals surface area contributed by atoms with Gasteiger partial charge in [-0.15, -0.1) is 0 Å². The standard InChI is InChI=1S/C16H14Br2O2/c1-3-20-15-7-5-12(18)9-14(15)16(19)13-6-4-11(17)8-10(13)2/h4-9H,3H2,1-2H3. The zero-order chi connectivity index (χ0) is 14.7. The highest BCUT2D eigenvalue weighted by atomic mass is 79.9. The van der Waals surface area contributed by atoms with Gasteiger partial charge in [-0.25, -0.2) is 0 Å². The summed E-state index contributed by atoms with van der Waals surface area (Å²) in [7, 11) is 0. The van der Waals surface area contributed by atoms with Gasteiger partial charge < -0.3 is 4.74 Å². The fourth-order valence-corrected chi connectivity index (χ4v) is 2.82. The summed E-state index contributed by atoms with van der Waals surface area (Å²) in [5.74, 6) is 0.586. The van der Waals surface area contributed by atoms with E-state index >= 15 is 0 Å². The highest BCUT2D eigenvalue weighted by Crippen LogP contribution is 2.27. The maximum atomic E-state index is 12.7. The zero-order valence-electron chi connectivity index (χ0n) is 11.2. The van der Waals surface area contributed by atoms with Gasteiger partial charge in [-0.05, 0) is 55.8 Å². The second-order valence-electron chi connectivity index (χ2n) is 4.36. The molecular weight excluding hydrogens is 384 g/mol. The second kappa shape index (κ2) is 6.55. The summed E-state index contributed by atoms with van der Waals surface area (Å²) in [5.41, 5.74) is 2.20. The number of carbonyl (C=O) groups excluding carboxylic acids is 1. The first-order valence-electron chi connectivity index (χ1n) is 6.26. The van der Waals surface area contributed by atoms with Crippen molar-refractivity contribution in [2.75, 3.05) is 6.61 Å². The van der Waals surface area contributed by atoms with Gasteiger partial charge in [0.1, 0.15) is 5.75 Å². The van der Waals surface area contributed by atoms with Gasteiger partial charge in [-0.3, -0.25) is 4.79 Å². The van der Waals surface area contributed by atoms with E-state index in [1.165, 1.54) is 0 Å². The van der Waals surface area contributed by atoms with Crippen molar-refractivity contribution in [3.8, 4) is 5.75 Å². The van der Waals surface area contributed by atoms with E-state index in [1.807, 2.05) is 44.2 Å². The Hall–Kier alpha value is -1.13. The molecule has 0 radical (unpaired) electrons. The predicted molar refractivity (Wildman–Crippen MR) is 87.6 cm³/mol. The molecule has 0 heterocycles. The minimum Gasteiger partial charge on any atom is -0.493 e. The average Bonchev–Trinajstić information content (AvgIpc) is 2.40. The van der Waals surface area contributed by atoms with Gasteiger partial charge >= 0.3 is 0 Å². The summed E-state index contributed by atoms with van der Waals surface area (Å²) < 4.78 is 7.37. The number of ketones is 1. The highest BCUT2D eigenvalue weighted by molar-refractivity contribution is 9.10. The lowest BCUT2D eigenvalue weighted by Gasteiger charge is -2.11. The third-order valence-corrected chi connectivity index (χ3v) is 3.91. The molecule has 0 unspecified atom stereocenters. The van der Waals surface area contributed by atoms with Crippen LogP contribution in [0, 0.1) is 6.92 Å². The summed E-state index contributed by atoms with van der Waals surface area (Å²) in [5, 5.41) is 0. The van der Waals surface area contributed by atoms with Crippen LogP contribution in [0.2, 0.25) is 0 Å². The van der Waals surface area contributed by atoms with Gasteiger partial charge in [0.2, 0.25) is 0 Å². The van der Waals surface area contributed by atoms with Gasteiger partial charge in [0, 0.05) is 14.5 Å². The molecule has 2 nitrogen and oxygen atoms in total. The quantitative estimate of drug-likeness (QED) is 0.667. The van der Waals surface area contributed by atoms with Crippen molar-refractivity contribution < 1.29 is 9.53 Å². The number of carbonyl (C=O) groups is 1. The molecule has 0 saturated heterocycles. The van der Waals surface area contributed by atoms with E-state index in [1.54, 1.807) is 6.07 Å². The van der Waals surface area contributed by atoms with Crippen molar-refractivity contribution in [1.82, 2.24) is 0 Å². The van der Waals surface area contributed by atoms with E-state index in [4.69, 9.17) is 4.74 Å². The molecule has 0 atom stereocenters. The molecule has 0 aliphatic carbocycles. The number of aryl methyl sites for hydroxylation is 1. The van der Waals surface area contributed by atoms with Crippen LogP contribution in [-0.4, -0.2) is 12.4 Å². The number of ether oxygens (including phenoxy) is 1. The van der Waals surface area contributed by atoms with Gasteiger partial charge in [0.25, 0.3) is 0 Å². The number of halogens is 2. The van der Waals surface area contributed by atoms with E-state index in [9.17, 15) is 4.79 Å². The largest absolute Gasteiger partial charge is 0.493 e. The minimum absolute atomic E-state index is 0.0280. The van der Waals surface area contributed by atoms with E-state index < -0.39 is 0 Å². The molecule has 0 amide bonds. The molecule has 20 heavy (non-hydrogen) atoms. The fourth-order valence-electron chi connectivity index (χ4n) is 1.99. The molecule has 0 aromatic heterocycles. The molecule has 0 saturated carbocycles. The lowest BCUT2D eigenvalue weighted by atomic mass is 9.98. The van der Waals surface area contributed by atoms with E-state index in [-0.39, 0.29) is 5.78 Å². The summed E-state index contributed by atoms with van der Waals surface area (Å²) in [6.45, 7) is 4.36. The number of hydrogen-bond acceptors (Lipinski definition) is 2. The minimum atomic E-state index is -0.0280. The molecule has 0 spiro atoms. The molecule has 0 fully saturated rings. The summed E-state index contributed by atoms with van der Waals surface area (Å²) in [6, 6.07) is 11.1. The van der Waals surface area contributed by atoms with Crippen LogP contribution in [0.25, 0.3) is 0 Å². The van der Waals surface area contributed by atoms with Crippen molar-refractivity contribution >= 4 is 37.6 Å². The monoisotopic (exact) mass is 396 g/mol. The van der Waals surface area contributed by atoms with Crippen LogP contribution in [0.3, 0.4) is 0 Å². The van der Waals surface area contributed by atoms with E-state index in [0.717, 1.165) is 14.5 Å². The van der Waals surface area contributed by atoms with Crippen LogP contribution < -0.4 is 4.74 Å². The van der Waals surface area contributed by atoms with Gasteiger partial charge in [0.05, 0.1) is 12.2 Å². The van der Waals surface area contributed by atoms with Crippen LogP contribution in [0.4, 0.5) is 0 Å². The summed E-state index contributed by atoms with van der Waals surface area (Å²) >= 11 is 6.81. The van der Waals surface area contributed by atoms with Gasteiger partial charge in [0.15, 0.2) is 5.78 Å². The SMILES string of the molecule is CCOc1ccc(Br)cc1C(=O)c1ccc(Br)cc1C. The Balaban J connectivity index is 2.49. The number of benzene rings is 2. The topological polar surface area (TPSA) is 26.3 Å². The molecule has 104 valence electrons. The first-order chi connectivity index (χ1) is 9.52. The van der Waals surface area contributed by atoms with Crippen LogP contribution >= 0.6 is 31.9 Å². The predicted octanol–water partition coefficient (Wildman–Crippen LogP) is 5.15. The molecule has 0 N–H and O–H groups in total. The third-order valence-electron chi connectivity index (χ3n) is 2.92. The Kier molecular flexibility index (Phi) is 5.00. The second-order valence-corrected chi connectivity index (χ2v) is 6.19. The normalized spacial score (nSPS) is 10.4. The van der Waals surface area contributed by atoms with Crippen molar-refractivity contribution in [2.24, 2.45) is 0 Å². The maximum Gasteiger partial charge on any atom is 0.197 e. The van der Waals surface area contributed by atoms with Crippen molar-refractivity contribution in [1.29, 1.82) is 0 Å². The Morgan fingerprint density at radius 1 is 1.05 bits per heavy atom. The zero-order valence-corrected chi connectivity index (χ0v) is 14.4. The summed E-state index contributed by atoms with van der Waals surface area (Å²) in [4.78, 5) is 12.7. The molecule has 0 aliphatic rings. The third kappa shape index (κ3) is 3.30. The van der Waals surface area contributed by atoms with Crippen molar-refractivity contribution in [3.63, 3.8) is 0 Å². The fraction of sp³-hybridized carbons (Fsp3) is 0.188. The Morgan fingerprint density at radius 3 is 2.35 bits per heavy atom. The molecule has 0 bridgehead atoms. The number of rotatable bonds is 4. The Labute approximate surface area is 135 Å². The molecule has 2 aromatic rings. The average molecular weight is 398 g/mol. The summed E-state index contributed by atoms with van der Waals surface area (Å²) in [6.07, 6.45) is 0. The molecule has 2 rings (SSSR count). The van der Waals surface area contributed by atoms with Crippen LogP contribution in [-0.2, 0) is 0 Å². The van der Waals surface area contributed by atoms with Crippen LogP contribution in [0.5, 0.6) is 5.75 Å². The molecule has 0 aliphatic heterocycles. The first-order valence-corrected chi connectivity index (χ1v) is 7.84. The first kappa shape index (κ1) is 15.3. The molecule has 2 aromatic carbocycles. The smallest absolute Gasteiger partial charge is 0.197 e. The highest BCUT2D eigenvalue weighted by Gasteiger charge is 2.17. The van der Waals surface area contributed by atoms with E-state index in [0.29, 0.717) is 23.5 Å². The Bertz CT molecular complexity index is 651. The van der Waals surface area contributed by atoms with E-state index in [2.05, 4.69) is 31.9 Å². The maximum absolute atomic E-state index is 12.7. The molecule has 4 heteroatoms. The van der Waals surface area contributed by atoms with Gasteiger partial charge in [-0.2, -0.15) is 0 Å². The van der Waals surface area contributed by atoms with Gasteiger partial charge in [-0.1, -0.05) is 31.9 Å². The van der Waals surface area contributed by atoms with Crippen LogP contribution in [0.1, 0.15) is 28.4 Å². The van der Waals surface area contributed by atoms with Crippen molar-refractivity contribution in [3.05, 3.63) is 62.0 Å². The Morgan fingerprint density at radius 2 is 1.70 bits per heavy atom. The van der Waals surface area contributed by atoms with Crippen molar-refractivity contribution in [2.45, 2.75) is 13.8 Å². The lowest BCUT2D eigenvalue weighted by molar-refractivity contribution is 0.103. The van der Waals surface area contributed by atoms with Crippen LogP contribution in [0.15, 0.2) is 45.3 Å². The molecular formula is C16H14Br2O2. The number of hydrogen-bond donors (Lipinski definition) is 0. The lowest BCUT2D eigenvalue weighted by Crippen LogP contribution is -2.07.